The number of morpholine rings is 1. The molecule has 4 rings (SSSR count). The minimum absolute atomic E-state index is 0.0209. The summed E-state index contributed by atoms with van der Waals surface area (Å²) in [6, 6.07) is 4.35. The average Bonchev–Trinajstić information content (AvgIpc) is 3.36. The van der Waals surface area contributed by atoms with Gasteiger partial charge in [0.15, 0.2) is 5.82 Å². The first-order chi connectivity index (χ1) is 14.4. The first-order valence-corrected chi connectivity index (χ1v) is 9.52. The quantitative estimate of drug-likeness (QED) is 0.802. The Balaban J connectivity index is 1.56. The van der Waals surface area contributed by atoms with Gasteiger partial charge in [-0.3, -0.25) is 4.79 Å². The third kappa shape index (κ3) is 4.01. The van der Waals surface area contributed by atoms with Crippen LogP contribution in [0.15, 0.2) is 33.9 Å². The van der Waals surface area contributed by atoms with Gasteiger partial charge in [-0.05, 0) is 26.0 Å². The zero-order chi connectivity index (χ0) is 21.3. The Hall–Kier alpha value is -3.34. The van der Waals surface area contributed by atoms with Gasteiger partial charge in [-0.1, -0.05) is 17.3 Å². The predicted molar refractivity (Wildman–Crippen MR) is 102 cm³/mol. The van der Waals surface area contributed by atoms with Crippen molar-refractivity contribution in [1.82, 2.24) is 25.4 Å². The average molecular weight is 416 g/mol. The largest absolute Gasteiger partial charge is 0.370 e. The SMILES string of the molecule is Cc1noc([C@@H](C)NC(=O)N2C[C@@H](N3CCOCC3=O)C(c3ccc(F)cc3)=N2)n1. The predicted octanol–water partition coefficient (Wildman–Crippen LogP) is 1.24. The van der Waals surface area contributed by atoms with Crippen molar-refractivity contribution in [1.29, 1.82) is 0 Å². The summed E-state index contributed by atoms with van der Waals surface area (Å²) in [7, 11) is 0. The van der Waals surface area contributed by atoms with Crippen molar-refractivity contribution < 1.29 is 23.2 Å². The molecule has 158 valence electrons. The summed E-state index contributed by atoms with van der Waals surface area (Å²) < 4.78 is 23.7. The highest BCUT2D eigenvalue weighted by Gasteiger charge is 2.38. The molecular formula is C19H21FN6O4. The molecule has 30 heavy (non-hydrogen) atoms. The first-order valence-electron chi connectivity index (χ1n) is 9.52. The van der Waals surface area contributed by atoms with Crippen molar-refractivity contribution in [2.45, 2.75) is 25.9 Å². The van der Waals surface area contributed by atoms with E-state index in [1.165, 1.54) is 17.1 Å². The van der Waals surface area contributed by atoms with Crippen LogP contribution in [0.25, 0.3) is 0 Å². The van der Waals surface area contributed by atoms with Crippen LogP contribution in [-0.4, -0.2) is 70.0 Å². The molecule has 0 radical (unpaired) electrons. The second kappa shape index (κ2) is 8.19. The van der Waals surface area contributed by atoms with Crippen molar-refractivity contribution in [3.8, 4) is 0 Å². The van der Waals surface area contributed by atoms with E-state index in [0.717, 1.165) is 0 Å². The molecule has 1 saturated heterocycles. The number of carbonyl (C=O) groups excluding carboxylic acids is 2. The van der Waals surface area contributed by atoms with Gasteiger partial charge in [0.05, 0.1) is 24.9 Å². The molecule has 0 aliphatic carbocycles. The summed E-state index contributed by atoms with van der Waals surface area (Å²) >= 11 is 0. The van der Waals surface area contributed by atoms with Gasteiger partial charge >= 0.3 is 6.03 Å². The summed E-state index contributed by atoms with van der Waals surface area (Å²) in [6.07, 6.45) is 0. The molecule has 1 aromatic heterocycles. The smallest absolute Gasteiger partial charge is 0.338 e. The fourth-order valence-corrected chi connectivity index (χ4v) is 3.40. The zero-order valence-corrected chi connectivity index (χ0v) is 16.5. The normalized spacial score (nSPS) is 20.3. The van der Waals surface area contributed by atoms with Crippen LogP contribution in [0.3, 0.4) is 0 Å². The maximum absolute atomic E-state index is 13.4. The fourth-order valence-electron chi connectivity index (χ4n) is 3.40. The molecule has 0 bridgehead atoms. The number of rotatable bonds is 4. The molecular weight excluding hydrogens is 395 g/mol. The topological polar surface area (TPSA) is 113 Å². The summed E-state index contributed by atoms with van der Waals surface area (Å²) in [4.78, 5) is 31.0. The zero-order valence-electron chi connectivity index (χ0n) is 16.5. The van der Waals surface area contributed by atoms with E-state index in [0.29, 0.717) is 30.3 Å². The highest BCUT2D eigenvalue weighted by atomic mass is 19.1. The Labute approximate surface area is 171 Å². The number of ether oxygens (including phenoxy) is 1. The molecule has 11 heteroatoms. The van der Waals surface area contributed by atoms with Crippen LogP contribution in [0.1, 0.15) is 30.2 Å². The van der Waals surface area contributed by atoms with Gasteiger partial charge in [0.1, 0.15) is 18.5 Å². The summed E-state index contributed by atoms with van der Waals surface area (Å²) in [6.45, 7) is 4.34. The van der Waals surface area contributed by atoms with Crippen molar-refractivity contribution in [2.24, 2.45) is 5.10 Å². The number of carbonyl (C=O) groups is 2. The van der Waals surface area contributed by atoms with Crippen LogP contribution in [0, 0.1) is 12.7 Å². The van der Waals surface area contributed by atoms with Crippen LogP contribution >= 0.6 is 0 Å². The number of urea groups is 1. The number of nitrogens with one attached hydrogen (secondary N) is 1. The molecule has 2 atom stereocenters. The van der Waals surface area contributed by atoms with Gasteiger partial charge in [-0.25, -0.2) is 14.2 Å². The third-order valence-electron chi connectivity index (χ3n) is 4.92. The molecule has 3 amide bonds. The summed E-state index contributed by atoms with van der Waals surface area (Å²) in [5, 5.41) is 12.2. The van der Waals surface area contributed by atoms with E-state index in [1.807, 2.05) is 0 Å². The number of hydrogen-bond donors (Lipinski definition) is 1. The third-order valence-corrected chi connectivity index (χ3v) is 4.92. The minimum Gasteiger partial charge on any atom is -0.370 e. The van der Waals surface area contributed by atoms with Crippen LogP contribution < -0.4 is 5.32 Å². The number of halogens is 1. The lowest BCUT2D eigenvalue weighted by molar-refractivity contribution is -0.143. The molecule has 0 saturated carbocycles. The maximum Gasteiger partial charge on any atom is 0.338 e. The Morgan fingerprint density at radius 3 is 2.77 bits per heavy atom. The molecule has 1 N–H and O–H groups in total. The molecule has 3 heterocycles. The Morgan fingerprint density at radius 2 is 2.10 bits per heavy atom. The van der Waals surface area contributed by atoms with Crippen molar-refractivity contribution >= 4 is 17.6 Å². The maximum atomic E-state index is 13.4. The van der Waals surface area contributed by atoms with Gasteiger partial charge in [0, 0.05) is 12.1 Å². The molecule has 1 aromatic carbocycles. The van der Waals surface area contributed by atoms with Gasteiger partial charge in [-0.15, -0.1) is 0 Å². The van der Waals surface area contributed by atoms with Crippen molar-refractivity contribution in [2.75, 3.05) is 26.3 Å². The molecule has 2 aromatic rings. The number of benzene rings is 1. The number of nitrogens with zero attached hydrogens (tertiary/aromatic N) is 5. The molecule has 0 unspecified atom stereocenters. The van der Waals surface area contributed by atoms with E-state index in [-0.39, 0.29) is 30.8 Å². The van der Waals surface area contributed by atoms with Gasteiger partial charge < -0.3 is 19.5 Å². The number of hydrazone groups is 1. The van der Waals surface area contributed by atoms with Crippen LogP contribution in [0.5, 0.6) is 0 Å². The Morgan fingerprint density at radius 1 is 1.33 bits per heavy atom. The number of aryl methyl sites for hydroxylation is 1. The van der Waals surface area contributed by atoms with E-state index in [4.69, 9.17) is 9.26 Å². The number of hydrogen-bond acceptors (Lipinski definition) is 7. The molecule has 10 nitrogen and oxygen atoms in total. The van der Waals surface area contributed by atoms with Gasteiger partial charge in [-0.2, -0.15) is 10.1 Å². The van der Waals surface area contributed by atoms with Crippen LogP contribution in [0.4, 0.5) is 9.18 Å². The van der Waals surface area contributed by atoms with E-state index in [1.54, 1.807) is 30.9 Å². The lowest BCUT2D eigenvalue weighted by atomic mass is 10.0. The van der Waals surface area contributed by atoms with Crippen LogP contribution in [-0.2, 0) is 9.53 Å². The monoisotopic (exact) mass is 416 g/mol. The van der Waals surface area contributed by atoms with Crippen molar-refractivity contribution in [3.05, 3.63) is 47.4 Å². The van der Waals surface area contributed by atoms with E-state index in [2.05, 4.69) is 20.6 Å². The van der Waals surface area contributed by atoms with Gasteiger partial charge in [0.2, 0.25) is 11.8 Å². The Kier molecular flexibility index (Phi) is 5.44. The lowest BCUT2D eigenvalue weighted by Crippen LogP contribution is -2.52. The van der Waals surface area contributed by atoms with Crippen LogP contribution in [0.2, 0.25) is 0 Å². The van der Waals surface area contributed by atoms with E-state index in [9.17, 15) is 14.0 Å². The molecule has 2 aliphatic rings. The lowest BCUT2D eigenvalue weighted by Gasteiger charge is -2.32. The van der Waals surface area contributed by atoms with Crippen molar-refractivity contribution in [3.63, 3.8) is 0 Å². The second-order valence-electron chi connectivity index (χ2n) is 7.08. The molecule has 1 fully saturated rings. The minimum atomic E-state index is -0.521. The van der Waals surface area contributed by atoms with E-state index < -0.39 is 18.1 Å². The van der Waals surface area contributed by atoms with Gasteiger partial charge in [0.25, 0.3) is 0 Å². The molecule has 0 spiro atoms. The summed E-state index contributed by atoms with van der Waals surface area (Å²) in [5.74, 6) is 0.185. The van der Waals surface area contributed by atoms with E-state index >= 15 is 0 Å². The molecule has 2 aliphatic heterocycles. The standard InChI is InChI=1S/C19H21FN6O4/c1-11(18-22-12(2)24-30-18)21-19(28)26-9-15(25-7-8-29-10-16(25)27)17(23-26)13-3-5-14(20)6-4-13/h3-6,11,15H,7-10H2,1-2H3,(H,21,28)/t11-,15-/m1/s1. The number of aromatic nitrogens is 2. The second-order valence-corrected chi connectivity index (χ2v) is 7.08. The fraction of sp³-hybridized carbons (Fsp3) is 0.421. The first kappa shape index (κ1) is 20.0. The Bertz CT molecular complexity index is 976. The highest BCUT2D eigenvalue weighted by molar-refractivity contribution is 6.08. The summed E-state index contributed by atoms with van der Waals surface area (Å²) in [5.41, 5.74) is 1.15. The highest BCUT2D eigenvalue weighted by Crippen LogP contribution is 2.22. The number of amides is 3.